The quantitative estimate of drug-likeness (QED) is 0.744. The van der Waals surface area contributed by atoms with Crippen molar-refractivity contribution in [2.75, 3.05) is 6.54 Å². The lowest BCUT2D eigenvalue weighted by molar-refractivity contribution is 0.0652. The molecule has 0 aromatic carbocycles. The lowest BCUT2D eigenvalue weighted by Gasteiger charge is -2.33. The molecule has 1 fully saturated rings. The minimum Gasteiger partial charge on any atom is -0.331 e. The molecule has 1 aliphatic heterocycles. The number of likely N-dealkylation sites (tertiary alicyclic amines) is 1. The molecular formula is C10H13BrN2OS. The van der Waals surface area contributed by atoms with Gasteiger partial charge in [0.1, 0.15) is 5.69 Å². The number of hydrogen-bond donors (Lipinski definition) is 0. The van der Waals surface area contributed by atoms with E-state index in [1.165, 1.54) is 11.3 Å². The zero-order chi connectivity index (χ0) is 11.1. The number of halogens is 1. The third-order valence-corrected chi connectivity index (χ3v) is 5.13. The molecule has 2 heterocycles. The van der Waals surface area contributed by atoms with Crippen molar-refractivity contribution in [1.29, 1.82) is 0 Å². The van der Waals surface area contributed by atoms with Crippen LogP contribution in [-0.2, 0) is 0 Å². The molecule has 0 aliphatic carbocycles. The summed E-state index contributed by atoms with van der Waals surface area (Å²) in [6.07, 6.45) is 1.00. The summed E-state index contributed by atoms with van der Waals surface area (Å²) in [7, 11) is 0. The second-order valence-corrected chi connectivity index (χ2v) is 6.06. The third kappa shape index (κ3) is 1.83. The highest BCUT2D eigenvalue weighted by atomic mass is 79.9. The van der Waals surface area contributed by atoms with Crippen LogP contribution < -0.4 is 0 Å². The van der Waals surface area contributed by atoms with Crippen LogP contribution in [0, 0.1) is 0 Å². The van der Waals surface area contributed by atoms with Crippen molar-refractivity contribution in [3.8, 4) is 0 Å². The van der Waals surface area contributed by atoms with E-state index in [0.29, 0.717) is 10.5 Å². The first-order valence-electron chi connectivity index (χ1n) is 4.87. The number of nitrogens with zero attached hydrogens (tertiary/aromatic N) is 2. The van der Waals surface area contributed by atoms with E-state index in [0.717, 1.165) is 13.0 Å². The molecular weight excluding hydrogens is 276 g/mol. The topological polar surface area (TPSA) is 33.2 Å². The SMILES string of the molecule is CC1(C)C(Br)CCN1C(=O)c1cscn1. The fourth-order valence-electron chi connectivity index (χ4n) is 1.87. The van der Waals surface area contributed by atoms with Crippen LogP contribution in [0.25, 0.3) is 0 Å². The van der Waals surface area contributed by atoms with Crippen molar-refractivity contribution < 1.29 is 4.79 Å². The summed E-state index contributed by atoms with van der Waals surface area (Å²) in [5.41, 5.74) is 2.14. The van der Waals surface area contributed by atoms with Crippen LogP contribution in [0.4, 0.5) is 0 Å². The first-order valence-corrected chi connectivity index (χ1v) is 6.73. The number of thiazole rings is 1. The highest BCUT2D eigenvalue weighted by Crippen LogP contribution is 2.35. The Morgan fingerprint density at radius 1 is 1.73 bits per heavy atom. The predicted octanol–water partition coefficient (Wildman–Crippen LogP) is 2.53. The highest BCUT2D eigenvalue weighted by molar-refractivity contribution is 9.09. The minimum absolute atomic E-state index is 0.0446. The molecule has 1 amide bonds. The monoisotopic (exact) mass is 288 g/mol. The molecule has 0 bridgehead atoms. The Balaban J connectivity index is 2.22. The third-order valence-electron chi connectivity index (χ3n) is 2.96. The standard InChI is InChI=1S/C10H13BrN2OS/c1-10(2)8(11)3-4-13(10)9(14)7-5-15-6-12-7/h5-6,8H,3-4H2,1-2H3. The maximum Gasteiger partial charge on any atom is 0.273 e. The summed E-state index contributed by atoms with van der Waals surface area (Å²) in [5, 5.41) is 1.81. The van der Waals surface area contributed by atoms with E-state index in [9.17, 15) is 4.79 Å². The van der Waals surface area contributed by atoms with Gasteiger partial charge in [-0.3, -0.25) is 4.79 Å². The van der Waals surface area contributed by atoms with Crippen molar-refractivity contribution in [2.45, 2.75) is 30.6 Å². The molecule has 0 radical (unpaired) electrons. The van der Waals surface area contributed by atoms with Crippen molar-refractivity contribution in [2.24, 2.45) is 0 Å². The number of aromatic nitrogens is 1. The maximum atomic E-state index is 12.1. The first kappa shape index (κ1) is 11.1. The van der Waals surface area contributed by atoms with Gasteiger partial charge in [-0.05, 0) is 20.3 Å². The number of amides is 1. The fourth-order valence-corrected chi connectivity index (χ4v) is 2.85. The Bertz CT molecular complexity index is 364. The molecule has 15 heavy (non-hydrogen) atoms. The van der Waals surface area contributed by atoms with Gasteiger partial charge in [0.05, 0.1) is 11.0 Å². The second-order valence-electron chi connectivity index (χ2n) is 4.24. The smallest absolute Gasteiger partial charge is 0.273 e. The number of carbonyl (C=O) groups is 1. The van der Waals surface area contributed by atoms with Gasteiger partial charge < -0.3 is 4.90 Å². The Morgan fingerprint density at radius 3 is 2.93 bits per heavy atom. The molecule has 1 aliphatic rings. The summed E-state index contributed by atoms with van der Waals surface area (Å²) >= 11 is 5.08. The molecule has 5 heteroatoms. The van der Waals surface area contributed by atoms with E-state index in [1.807, 2.05) is 4.90 Å². The maximum absolute atomic E-state index is 12.1. The van der Waals surface area contributed by atoms with Crippen LogP contribution in [-0.4, -0.2) is 32.7 Å². The average molecular weight is 289 g/mol. The summed E-state index contributed by atoms with van der Waals surface area (Å²) in [6.45, 7) is 4.98. The Kier molecular flexibility index (Phi) is 2.85. The largest absolute Gasteiger partial charge is 0.331 e. The Labute approximate surface area is 102 Å². The van der Waals surface area contributed by atoms with E-state index in [4.69, 9.17) is 0 Å². The van der Waals surface area contributed by atoms with E-state index in [-0.39, 0.29) is 11.4 Å². The summed E-state index contributed by atoms with van der Waals surface area (Å²) in [6, 6.07) is 0. The van der Waals surface area contributed by atoms with Crippen LogP contribution in [0.5, 0.6) is 0 Å². The average Bonchev–Trinajstić information content (AvgIpc) is 2.76. The minimum atomic E-state index is -0.124. The second kappa shape index (κ2) is 3.87. The van der Waals surface area contributed by atoms with E-state index in [1.54, 1.807) is 10.9 Å². The van der Waals surface area contributed by atoms with Gasteiger partial charge in [-0.15, -0.1) is 11.3 Å². The molecule has 1 aromatic rings. The summed E-state index contributed by atoms with van der Waals surface area (Å²) < 4.78 is 0. The lowest BCUT2D eigenvalue weighted by atomic mass is 10.0. The van der Waals surface area contributed by atoms with Crippen LogP contribution in [0.3, 0.4) is 0 Å². The first-order chi connectivity index (χ1) is 7.03. The molecule has 3 nitrogen and oxygen atoms in total. The zero-order valence-electron chi connectivity index (χ0n) is 8.74. The van der Waals surface area contributed by atoms with Crippen molar-refractivity contribution in [3.63, 3.8) is 0 Å². The van der Waals surface area contributed by atoms with Crippen molar-refractivity contribution in [3.05, 3.63) is 16.6 Å². The number of hydrogen-bond acceptors (Lipinski definition) is 3. The molecule has 82 valence electrons. The molecule has 0 N–H and O–H groups in total. The molecule has 1 unspecified atom stereocenters. The summed E-state index contributed by atoms with van der Waals surface area (Å²) in [4.78, 5) is 18.5. The lowest BCUT2D eigenvalue weighted by Crippen LogP contribution is -2.46. The van der Waals surface area contributed by atoms with Gasteiger partial charge in [0, 0.05) is 16.8 Å². The molecule has 1 aromatic heterocycles. The normalized spacial score (nSPS) is 24.5. The number of carbonyl (C=O) groups excluding carboxylic acids is 1. The van der Waals surface area contributed by atoms with Crippen LogP contribution in [0.1, 0.15) is 30.8 Å². The van der Waals surface area contributed by atoms with E-state index >= 15 is 0 Å². The molecule has 1 saturated heterocycles. The van der Waals surface area contributed by atoms with E-state index < -0.39 is 0 Å². The van der Waals surface area contributed by atoms with Crippen LogP contribution in [0.2, 0.25) is 0 Å². The summed E-state index contributed by atoms with van der Waals surface area (Å²) in [5.74, 6) is 0.0446. The van der Waals surface area contributed by atoms with E-state index in [2.05, 4.69) is 34.8 Å². The highest BCUT2D eigenvalue weighted by Gasteiger charge is 2.42. The molecule has 0 saturated carbocycles. The Hall–Kier alpha value is -0.420. The molecule has 0 spiro atoms. The predicted molar refractivity (Wildman–Crippen MR) is 64.6 cm³/mol. The molecule has 2 rings (SSSR count). The van der Waals surface area contributed by atoms with Crippen molar-refractivity contribution >= 4 is 33.2 Å². The Morgan fingerprint density at radius 2 is 2.47 bits per heavy atom. The number of rotatable bonds is 1. The zero-order valence-corrected chi connectivity index (χ0v) is 11.1. The van der Waals surface area contributed by atoms with Gasteiger partial charge in [-0.25, -0.2) is 4.98 Å². The molecule has 1 atom stereocenters. The van der Waals surface area contributed by atoms with Gasteiger partial charge >= 0.3 is 0 Å². The van der Waals surface area contributed by atoms with Gasteiger partial charge in [0.2, 0.25) is 0 Å². The van der Waals surface area contributed by atoms with Gasteiger partial charge in [0.15, 0.2) is 0 Å². The van der Waals surface area contributed by atoms with Gasteiger partial charge in [-0.2, -0.15) is 0 Å². The van der Waals surface area contributed by atoms with Crippen LogP contribution >= 0.6 is 27.3 Å². The van der Waals surface area contributed by atoms with Gasteiger partial charge in [0.25, 0.3) is 5.91 Å². The number of alkyl halides is 1. The van der Waals surface area contributed by atoms with Crippen molar-refractivity contribution in [1.82, 2.24) is 9.88 Å². The van der Waals surface area contributed by atoms with Gasteiger partial charge in [-0.1, -0.05) is 15.9 Å². The fraction of sp³-hybridized carbons (Fsp3) is 0.600. The van der Waals surface area contributed by atoms with Crippen LogP contribution in [0.15, 0.2) is 10.9 Å².